The number of nitro benzene ring substituents is 1. The maximum atomic E-state index is 11.9. The van der Waals surface area contributed by atoms with E-state index in [0.717, 1.165) is 0 Å². The molecule has 1 amide bonds. The summed E-state index contributed by atoms with van der Waals surface area (Å²) in [7, 11) is -2.24. The van der Waals surface area contributed by atoms with Crippen molar-refractivity contribution in [2.24, 2.45) is 0 Å². The molecule has 0 aliphatic heterocycles. The van der Waals surface area contributed by atoms with Crippen molar-refractivity contribution >= 4 is 33.4 Å². The molecular formula is C16H15N3O5S. The average molecular weight is 361 g/mol. The Hall–Kier alpha value is -3.04. The lowest BCUT2D eigenvalue weighted by molar-refractivity contribution is -0.385. The smallest absolute Gasteiger partial charge is 0.276 e. The largest absolute Gasteiger partial charge is 0.323 e. The van der Waals surface area contributed by atoms with Crippen molar-refractivity contribution in [3.05, 3.63) is 70.3 Å². The highest BCUT2D eigenvalue weighted by Gasteiger charge is 2.11. The zero-order chi connectivity index (χ0) is 18.4. The number of hydrogen-bond acceptors (Lipinski definition) is 5. The summed E-state index contributed by atoms with van der Waals surface area (Å²) in [6, 6.07) is 11.6. The van der Waals surface area contributed by atoms with Gasteiger partial charge in [-0.2, -0.15) is 0 Å². The molecule has 0 bridgehead atoms. The Bertz CT molecular complexity index is 921. The van der Waals surface area contributed by atoms with Gasteiger partial charge in [-0.05, 0) is 43.5 Å². The van der Waals surface area contributed by atoms with Crippen LogP contribution in [0.1, 0.15) is 5.56 Å². The third kappa shape index (κ3) is 4.72. The Balaban J connectivity index is 2.09. The maximum Gasteiger partial charge on any atom is 0.276 e. The number of para-hydroxylation sites is 1. The molecule has 2 aromatic rings. The molecule has 0 saturated heterocycles. The van der Waals surface area contributed by atoms with Gasteiger partial charge in [0, 0.05) is 17.8 Å². The van der Waals surface area contributed by atoms with E-state index in [-0.39, 0.29) is 10.6 Å². The molecule has 9 heteroatoms. The summed E-state index contributed by atoms with van der Waals surface area (Å²) in [6.07, 6.45) is 2.51. The zero-order valence-electron chi connectivity index (χ0n) is 13.2. The fourth-order valence-electron chi connectivity index (χ4n) is 1.98. The molecule has 0 aliphatic rings. The van der Waals surface area contributed by atoms with Crippen LogP contribution in [-0.4, -0.2) is 26.3 Å². The number of rotatable bonds is 6. The number of nitro groups is 1. The molecule has 0 fully saturated rings. The molecule has 0 atom stereocenters. The van der Waals surface area contributed by atoms with E-state index in [1.165, 1.54) is 61.7 Å². The molecule has 2 N–H and O–H groups in total. The van der Waals surface area contributed by atoms with Gasteiger partial charge in [-0.3, -0.25) is 14.9 Å². The van der Waals surface area contributed by atoms with Crippen molar-refractivity contribution in [2.45, 2.75) is 4.90 Å². The van der Waals surface area contributed by atoms with Gasteiger partial charge in [-0.15, -0.1) is 0 Å². The van der Waals surface area contributed by atoms with Crippen LogP contribution in [0.4, 0.5) is 11.4 Å². The normalized spacial score (nSPS) is 11.4. The minimum Gasteiger partial charge on any atom is -0.323 e. The monoisotopic (exact) mass is 361 g/mol. The van der Waals surface area contributed by atoms with Gasteiger partial charge in [0.2, 0.25) is 15.9 Å². The van der Waals surface area contributed by atoms with Crippen LogP contribution in [-0.2, 0) is 14.8 Å². The predicted molar refractivity (Wildman–Crippen MR) is 93.4 cm³/mol. The van der Waals surface area contributed by atoms with E-state index >= 15 is 0 Å². The molecule has 0 spiro atoms. The molecule has 0 aliphatic carbocycles. The maximum absolute atomic E-state index is 11.9. The summed E-state index contributed by atoms with van der Waals surface area (Å²) >= 11 is 0. The van der Waals surface area contributed by atoms with Crippen LogP contribution in [0.2, 0.25) is 0 Å². The molecule has 0 heterocycles. The summed E-state index contributed by atoms with van der Waals surface area (Å²) in [6.45, 7) is 0. The number of carbonyl (C=O) groups is 1. The summed E-state index contributed by atoms with van der Waals surface area (Å²) in [4.78, 5) is 22.4. The Labute approximate surface area is 144 Å². The van der Waals surface area contributed by atoms with Gasteiger partial charge in [0.15, 0.2) is 0 Å². The third-order valence-corrected chi connectivity index (χ3v) is 4.68. The molecule has 0 unspecified atom stereocenters. The second-order valence-corrected chi connectivity index (χ2v) is 6.76. The first-order valence-electron chi connectivity index (χ1n) is 7.09. The summed E-state index contributed by atoms with van der Waals surface area (Å²) in [5.74, 6) is -0.498. The van der Waals surface area contributed by atoms with E-state index in [9.17, 15) is 23.3 Å². The number of nitrogens with one attached hydrogen (secondary N) is 2. The van der Waals surface area contributed by atoms with E-state index in [4.69, 9.17) is 0 Å². The lowest BCUT2D eigenvalue weighted by atomic mass is 10.1. The van der Waals surface area contributed by atoms with E-state index in [1.807, 2.05) is 0 Å². The van der Waals surface area contributed by atoms with Crippen molar-refractivity contribution in [2.75, 3.05) is 12.4 Å². The Morgan fingerprint density at radius 2 is 1.76 bits per heavy atom. The second-order valence-electron chi connectivity index (χ2n) is 4.87. The minimum absolute atomic E-state index is 0.0726. The highest BCUT2D eigenvalue weighted by molar-refractivity contribution is 7.89. The van der Waals surface area contributed by atoms with Gasteiger partial charge < -0.3 is 5.32 Å². The average Bonchev–Trinajstić information content (AvgIpc) is 2.60. The molecule has 25 heavy (non-hydrogen) atoms. The van der Waals surface area contributed by atoms with Gasteiger partial charge in [0.05, 0.1) is 15.4 Å². The summed E-state index contributed by atoms with van der Waals surface area (Å²) in [5, 5.41) is 13.5. The van der Waals surface area contributed by atoms with Gasteiger partial charge in [0.1, 0.15) is 0 Å². The second kappa shape index (κ2) is 7.69. The molecule has 130 valence electrons. The van der Waals surface area contributed by atoms with E-state index in [2.05, 4.69) is 10.0 Å². The van der Waals surface area contributed by atoms with Crippen LogP contribution >= 0.6 is 0 Å². The molecule has 2 rings (SSSR count). The Morgan fingerprint density at radius 1 is 1.12 bits per heavy atom. The minimum atomic E-state index is -3.54. The quantitative estimate of drug-likeness (QED) is 0.464. The van der Waals surface area contributed by atoms with Gasteiger partial charge in [-0.1, -0.05) is 12.1 Å². The third-order valence-electron chi connectivity index (χ3n) is 3.25. The SMILES string of the molecule is CNS(=O)(=O)c1ccc(NC(=O)/C=C/c2ccccc2[N+](=O)[O-])cc1. The van der Waals surface area contributed by atoms with Crippen molar-refractivity contribution in [3.8, 4) is 0 Å². The zero-order valence-corrected chi connectivity index (χ0v) is 14.0. The summed E-state index contributed by atoms with van der Waals surface area (Å²) < 4.78 is 25.4. The van der Waals surface area contributed by atoms with Crippen LogP contribution in [0.25, 0.3) is 6.08 Å². The van der Waals surface area contributed by atoms with Gasteiger partial charge >= 0.3 is 0 Å². The van der Waals surface area contributed by atoms with E-state index < -0.39 is 20.9 Å². The Morgan fingerprint density at radius 3 is 2.36 bits per heavy atom. The number of benzene rings is 2. The number of anilines is 1. The molecular weight excluding hydrogens is 346 g/mol. The number of sulfonamides is 1. The van der Waals surface area contributed by atoms with Crippen LogP contribution in [0.15, 0.2) is 59.5 Å². The molecule has 0 aromatic heterocycles. The van der Waals surface area contributed by atoms with Crippen molar-refractivity contribution < 1.29 is 18.1 Å². The predicted octanol–water partition coefficient (Wildman–Crippen LogP) is 2.15. The highest BCUT2D eigenvalue weighted by atomic mass is 32.2. The lowest BCUT2D eigenvalue weighted by Gasteiger charge is -2.05. The molecule has 8 nitrogen and oxygen atoms in total. The van der Waals surface area contributed by atoms with Crippen LogP contribution in [0.3, 0.4) is 0 Å². The van der Waals surface area contributed by atoms with Crippen molar-refractivity contribution in [1.82, 2.24) is 4.72 Å². The van der Waals surface area contributed by atoms with Gasteiger partial charge in [0.25, 0.3) is 5.69 Å². The first kappa shape index (κ1) is 18.3. The van der Waals surface area contributed by atoms with Crippen LogP contribution in [0.5, 0.6) is 0 Å². The van der Waals surface area contributed by atoms with Gasteiger partial charge in [-0.25, -0.2) is 13.1 Å². The van der Waals surface area contributed by atoms with Crippen molar-refractivity contribution in [1.29, 1.82) is 0 Å². The standard InChI is InChI=1S/C16H15N3O5S/c1-17-25(23,24)14-9-7-13(8-10-14)18-16(20)11-6-12-4-2-3-5-15(12)19(21)22/h2-11,17H,1H3,(H,18,20)/b11-6+. The Kier molecular flexibility index (Phi) is 5.63. The van der Waals surface area contributed by atoms with Crippen LogP contribution in [0, 0.1) is 10.1 Å². The molecule has 0 radical (unpaired) electrons. The lowest BCUT2D eigenvalue weighted by Crippen LogP contribution is -2.18. The highest BCUT2D eigenvalue weighted by Crippen LogP contribution is 2.19. The number of hydrogen-bond donors (Lipinski definition) is 2. The molecule has 0 saturated carbocycles. The topological polar surface area (TPSA) is 118 Å². The summed E-state index contributed by atoms with van der Waals surface area (Å²) in [5.41, 5.74) is 0.596. The fourth-order valence-corrected chi connectivity index (χ4v) is 2.71. The van der Waals surface area contributed by atoms with E-state index in [0.29, 0.717) is 11.3 Å². The number of amides is 1. The van der Waals surface area contributed by atoms with E-state index in [1.54, 1.807) is 6.07 Å². The first-order valence-corrected chi connectivity index (χ1v) is 8.58. The first-order chi connectivity index (χ1) is 11.8. The fraction of sp³-hybridized carbons (Fsp3) is 0.0625. The number of nitrogens with zero attached hydrogens (tertiary/aromatic N) is 1. The molecule has 2 aromatic carbocycles. The number of carbonyl (C=O) groups excluding carboxylic acids is 1. The van der Waals surface area contributed by atoms with Crippen LogP contribution < -0.4 is 10.0 Å². The van der Waals surface area contributed by atoms with Crippen molar-refractivity contribution in [3.63, 3.8) is 0 Å².